The van der Waals surface area contributed by atoms with Gasteiger partial charge in [-0.2, -0.15) is 18.3 Å². The summed E-state index contributed by atoms with van der Waals surface area (Å²) in [5.41, 5.74) is 8.59. The van der Waals surface area contributed by atoms with E-state index in [1.165, 1.54) is 16.7 Å². The Kier molecular flexibility index (Phi) is 7.00. The number of rotatable bonds is 4. The maximum absolute atomic E-state index is 13.0. The van der Waals surface area contributed by atoms with Crippen LogP contribution in [0.25, 0.3) is 23.1 Å². The van der Waals surface area contributed by atoms with Gasteiger partial charge >= 0.3 is 12.1 Å². The van der Waals surface area contributed by atoms with Crippen LogP contribution in [0.4, 0.5) is 18.9 Å². The third-order valence-electron chi connectivity index (χ3n) is 8.45. The number of aromatic amines is 1. The Morgan fingerprint density at radius 2 is 1.91 bits per heavy atom. The van der Waals surface area contributed by atoms with Crippen LogP contribution in [0.5, 0.6) is 5.75 Å². The number of H-pyrrole nitrogens is 1. The molecule has 0 saturated heterocycles. The zero-order valence-electron chi connectivity index (χ0n) is 23.5. The number of methoxy groups -OCH3 is 1. The average Bonchev–Trinajstić information content (AvgIpc) is 3.52. The second-order valence-electron chi connectivity index (χ2n) is 11.2. The van der Waals surface area contributed by atoms with Gasteiger partial charge in [-0.3, -0.25) is 9.89 Å². The molecule has 4 aromatic rings. The minimum Gasteiger partial charge on any atom is -0.497 e. The number of carboxylic acids is 1. The molecule has 1 fully saturated rings. The smallest absolute Gasteiger partial charge is 0.490 e. The molecular weight excluding hydrogens is 561 g/mol. The first-order valence-corrected chi connectivity index (χ1v) is 13.8. The maximum Gasteiger partial charge on any atom is 0.490 e. The summed E-state index contributed by atoms with van der Waals surface area (Å²) >= 11 is 0. The number of aromatic nitrogens is 2. The van der Waals surface area contributed by atoms with Crippen molar-refractivity contribution in [2.24, 2.45) is 0 Å². The third kappa shape index (κ3) is 5.25. The number of aliphatic carboxylic acids is 1. The van der Waals surface area contributed by atoms with E-state index in [9.17, 15) is 18.0 Å². The predicted molar refractivity (Wildman–Crippen MR) is 156 cm³/mol. The number of carbonyl (C=O) groups is 2. The Hall–Kier alpha value is -4.64. The van der Waals surface area contributed by atoms with Crippen LogP contribution in [0.3, 0.4) is 0 Å². The van der Waals surface area contributed by atoms with E-state index in [4.69, 9.17) is 14.6 Å². The van der Waals surface area contributed by atoms with E-state index in [2.05, 4.69) is 76.0 Å². The van der Waals surface area contributed by atoms with Crippen molar-refractivity contribution in [3.63, 3.8) is 0 Å². The molecule has 3 heterocycles. The number of ether oxygens (including phenoxy) is 1. The highest BCUT2D eigenvalue weighted by Gasteiger charge is 2.65. The molecular formula is C32H29F3N4O4. The lowest BCUT2D eigenvalue weighted by atomic mass is 9.91. The number of hydrogen-bond acceptors (Lipinski definition) is 5. The highest BCUT2D eigenvalue weighted by molar-refractivity contribution is 6.10. The normalized spacial score (nSPS) is 20.9. The van der Waals surface area contributed by atoms with Crippen LogP contribution in [0.15, 0.2) is 54.6 Å². The summed E-state index contributed by atoms with van der Waals surface area (Å²) in [6.07, 6.45) is 1.05. The molecule has 43 heavy (non-hydrogen) atoms. The number of nitrogens with zero attached hydrogens (tertiary/aromatic N) is 2. The highest BCUT2D eigenvalue weighted by Crippen LogP contribution is 2.65. The van der Waals surface area contributed by atoms with Crippen molar-refractivity contribution in [2.45, 2.75) is 36.9 Å². The van der Waals surface area contributed by atoms with E-state index in [1.54, 1.807) is 7.11 Å². The molecule has 0 unspecified atom stereocenters. The summed E-state index contributed by atoms with van der Waals surface area (Å²) in [4.78, 5) is 24.3. The van der Waals surface area contributed by atoms with Crippen LogP contribution in [0.2, 0.25) is 0 Å². The van der Waals surface area contributed by atoms with Crippen molar-refractivity contribution in [3.05, 3.63) is 88.1 Å². The predicted octanol–water partition coefficient (Wildman–Crippen LogP) is 5.74. The first-order chi connectivity index (χ1) is 20.5. The molecule has 1 aliphatic carbocycles. The number of carboxylic acid groups (broad SMARTS) is 1. The van der Waals surface area contributed by atoms with E-state index in [1.807, 2.05) is 18.2 Å². The van der Waals surface area contributed by atoms with Gasteiger partial charge in [-0.15, -0.1) is 0 Å². The Labute approximate surface area is 245 Å². The molecule has 0 radical (unpaired) electrons. The summed E-state index contributed by atoms with van der Waals surface area (Å²) in [7, 11) is 3.83. The van der Waals surface area contributed by atoms with Gasteiger partial charge < -0.3 is 20.1 Å². The number of hydrogen-bond donors (Lipinski definition) is 3. The molecule has 2 atom stereocenters. The van der Waals surface area contributed by atoms with Crippen LogP contribution in [0, 0.1) is 0 Å². The molecule has 11 heteroatoms. The van der Waals surface area contributed by atoms with Crippen molar-refractivity contribution in [1.82, 2.24) is 15.1 Å². The molecule has 1 saturated carbocycles. The molecule has 222 valence electrons. The van der Waals surface area contributed by atoms with E-state index < -0.39 is 17.6 Å². The lowest BCUT2D eigenvalue weighted by Crippen LogP contribution is -2.26. The fraction of sp³-hybridized carbons (Fsp3) is 0.281. The molecule has 8 nitrogen and oxygen atoms in total. The number of fused-ring (bicyclic) bond motifs is 4. The van der Waals surface area contributed by atoms with Crippen molar-refractivity contribution in [1.29, 1.82) is 0 Å². The zero-order chi connectivity index (χ0) is 30.5. The SMILES string of the molecule is COc1ccc2c(c1)[C@]1(C[C@H]1c1ccc3c(/C=C/c4ccc5c(c4)CCN(C)C5)n[nH]c3c1)C(=O)N2.O=C(O)C(F)(F)F. The average molecular weight is 591 g/mol. The lowest BCUT2D eigenvalue weighted by Gasteiger charge is -2.25. The lowest BCUT2D eigenvalue weighted by molar-refractivity contribution is -0.192. The van der Waals surface area contributed by atoms with Crippen molar-refractivity contribution in [2.75, 3.05) is 26.0 Å². The Bertz CT molecular complexity index is 1780. The molecule has 7 rings (SSSR count). The minimum atomic E-state index is -5.08. The number of amides is 1. The van der Waals surface area contributed by atoms with Crippen LogP contribution >= 0.6 is 0 Å². The third-order valence-corrected chi connectivity index (χ3v) is 8.45. The zero-order valence-corrected chi connectivity index (χ0v) is 23.5. The van der Waals surface area contributed by atoms with E-state index in [-0.39, 0.29) is 11.8 Å². The van der Waals surface area contributed by atoms with Crippen molar-refractivity contribution >= 4 is 40.6 Å². The van der Waals surface area contributed by atoms with E-state index in [0.29, 0.717) is 0 Å². The number of benzene rings is 3. The molecule has 3 N–H and O–H groups in total. The number of carbonyl (C=O) groups excluding carboxylic acids is 1. The second-order valence-corrected chi connectivity index (χ2v) is 11.2. The van der Waals surface area contributed by atoms with Crippen LogP contribution in [-0.2, 0) is 28.0 Å². The van der Waals surface area contributed by atoms with Crippen LogP contribution < -0.4 is 10.1 Å². The van der Waals surface area contributed by atoms with Gasteiger partial charge in [0.2, 0.25) is 5.91 Å². The quantitative estimate of drug-likeness (QED) is 0.280. The molecule has 1 spiro atoms. The number of nitrogens with one attached hydrogen (secondary N) is 2. The van der Waals surface area contributed by atoms with Crippen LogP contribution in [0.1, 0.15) is 45.8 Å². The second kappa shape index (κ2) is 10.6. The van der Waals surface area contributed by atoms with Gasteiger partial charge in [0.1, 0.15) is 5.75 Å². The van der Waals surface area contributed by atoms with Gasteiger partial charge in [0.15, 0.2) is 0 Å². The summed E-state index contributed by atoms with van der Waals surface area (Å²) < 4.78 is 37.2. The van der Waals surface area contributed by atoms with Gasteiger partial charge in [0.25, 0.3) is 0 Å². The van der Waals surface area contributed by atoms with Gasteiger partial charge in [0.05, 0.1) is 23.7 Å². The van der Waals surface area contributed by atoms with Gasteiger partial charge in [0, 0.05) is 30.1 Å². The topological polar surface area (TPSA) is 108 Å². The van der Waals surface area contributed by atoms with Crippen LogP contribution in [-0.4, -0.2) is 59.0 Å². The number of halogens is 3. The molecule has 3 aliphatic rings. The summed E-state index contributed by atoms with van der Waals surface area (Å²) in [6.45, 7) is 2.13. The fourth-order valence-electron chi connectivity index (χ4n) is 6.09. The molecule has 2 aliphatic heterocycles. The van der Waals surface area contributed by atoms with Gasteiger partial charge in [-0.25, -0.2) is 4.79 Å². The molecule has 3 aromatic carbocycles. The van der Waals surface area contributed by atoms with E-state index in [0.717, 1.165) is 65.1 Å². The summed E-state index contributed by atoms with van der Waals surface area (Å²) in [6, 6.07) is 19.0. The number of alkyl halides is 3. The molecule has 1 aromatic heterocycles. The highest BCUT2D eigenvalue weighted by atomic mass is 19.4. The first-order valence-electron chi connectivity index (χ1n) is 13.8. The number of anilines is 1. The fourth-order valence-corrected chi connectivity index (χ4v) is 6.09. The first kappa shape index (κ1) is 28.5. The van der Waals surface area contributed by atoms with Gasteiger partial charge in [-0.1, -0.05) is 36.4 Å². The molecule has 1 amide bonds. The van der Waals surface area contributed by atoms with Gasteiger partial charge in [-0.05, 0) is 78.0 Å². The Balaban J connectivity index is 0.000000423. The van der Waals surface area contributed by atoms with Crippen molar-refractivity contribution < 1.29 is 32.6 Å². The Morgan fingerprint density at radius 3 is 2.65 bits per heavy atom. The summed E-state index contributed by atoms with van der Waals surface area (Å²) in [5, 5.41) is 19.1. The minimum absolute atomic E-state index is 0.0841. The largest absolute Gasteiger partial charge is 0.497 e. The maximum atomic E-state index is 13.0. The van der Waals surface area contributed by atoms with Crippen molar-refractivity contribution in [3.8, 4) is 5.75 Å². The molecule has 0 bridgehead atoms. The summed E-state index contributed by atoms with van der Waals surface area (Å²) in [5.74, 6) is -1.75. The Morgan fingerprint density at radius 1 is 1.12 bits per heavy atom. The monoisotopic (exact) mass is 590 g/mol. The van der Waals surface area contributed by atoms with E-state index >= 15 is 0 Å². The number of likely N-dealkylation sites (N-methyl/N-ethyl adjacent to an activating group) is 1. The standard InChI is InChI=1S/C30H28N4O2.C2HF3O2/c1-34-12-11-19-13-18(3-5-21(19)17-34)4-9-26-23-8-6-20(14-28(23)33-32-26)25-16-30(25)24-15-22(36-2)7-10-27(24)31-29(30)35;3-2(4,5)1(6)7/h3-10,13-15,25H,11-12,16-17H2,1-2H3,(H,31,35)(H,32,33);(H,6,7)/b9-4+;/t25-,30-;/m0./s1.